The van der Waals surface area contributed by atoms with E-state index in [1.54, 1.807) is 36.4 Å². The van der Waals surface area contributed by atoms with E-state index in [0.717, 1.165) is 5.56 Å². The van der Waals surface area contributed by atoms with Gasteiger partial charge in [0.25, 0.3) is 5.56 Å². The minimum absolute atomic E-state index is 0.232. The first-order chi connectivity index (χ1) is 13.0. The number of aromatic amines is 1. The maximum Gasteiger partial charge on any atom is 0.329 e. The lowest BCUT2D eigenvalue weighted by Gasteiger charge is -2.26. The van der Waals surface area contributed by atoms with E-state index in [9.17, 15) is 18.8 Å². The van der Waals surface area contributed by atoms with Gasteiger partial charge >= 0.3 is 5.69 Å². The minimum Gasteiger partial charge on any atom is -0.348 e. The van der Waals surface area contributed by atoms with Crippen molar-refractivity contribution in [1.82, 2.24) is 14.9 Å². The van der Waals surface area contributed by atoms with Crippen molar-refractivity contribution in [3.63, 3.8) is 0 Å². The molecule has 0 saturated heterocycles. The number of hydrogen-bond donors (Lipinski definition) is 2. The Morgan fingerprint density at radius 3 is 2.89 bits per heavy atom. The number of nitrogens with one attached hydrogen (secondary N) is 2. The number of para-hydroxylation sites is 1. The zero-order valence-corrected chi connectivity index (χ0v) is 15.0. The van der Waals surface area contributed by atoms with Crippen molar-refractivity contribution in [1.29, 1.82) is 0 Å². The summed E-state index contributed by atoms with van der Waals surface area (Å²) >= 11 is 1.43. The minimum atomic E-state index is -0.639. The molecule has 0 bridgehead atoms. The molecule has 138 valence electrons. The first-order valence-electron chi connectivity index (χ1n) is 8.47. The zero-order chi connectivity index (χ0) is 19.0. The van der Waals surface area contributed by atoms with Crippen LogP contribution in [-0.4, -0.2) is 21.2 Å². The molecule has 2 aromatic carbocycles. The van der Waals surface area contributed by atoms with E-state index in [-0.39, 0.29) is 24.3 Å². The van der Waals surface area contributed by atoms with E-state index in [1.165, 1.54) is 22.4 Å². The zero-order valence-electron chi connectivity index (χ0n) is 14.2. The van der Waals surface area contributed by atoms with Gasteiger partial charge in [0.15, 0.2) is 0 Å². The SMILES string of the molecule is O=C(Cn1c(=O)[nH]c(=O)c2ccccc21)N[C@H]1CCSc2c(F)cccc21. The molecule has 2 N–H and O–H groups in total. The molecular formula is C19H16FN3O3S. The molecule has 27 heavy (non-hydrogen) atoms. The number of benzene rings is 2. The smallest absolute Gasteiger partial charge is 0.329 e. The van der Waals surface area contributed by atoms with Crippen molar-refractivity contribution >= 4 is 28.6 Å². The van der Waals surface area contributed by atoms with E-state index >= 15 is 0 Å². The predicted molar refractivity (Wildman–Crippen MR) is 101 cm³/mol. The largest absolute Gasteiger partial charge is 0.348 e. The van der Waals surface area contributed by atoms with Crippen LogP contribution in [0.15, 0.2) is 56.9 Å². The van der Waals surface area contributed by atoms with Crippen molar-refractivity contribution in [2.45, 2.75) is 23.9 Å². The lowest BCUT2D eigenvalue weighted by Crippen LogP contribution is -2.38. The molecule has 3 aromatic rings. The van der Waals surface area contributed by atoms with Crippen LogP contribution in [0.25, 0.3) is 10.9 Å². The number of fused-ring (bicyclic) bond motifs is 2. The van der Waals surface area contributed by atoms with Crippen molar-refractivity contribution in [3.8, 4) is 0 Å². The highest BCUT2D eigenvalue weighted by atomic mass is 32.2. The third kappa shape index (κ3) is 3.28. The second-order valence-corrected chi connectivity index (χ2v) is 7.38. The number of aromatic nitrogens is 2. The Hall–Kier alpha value is -2.87. The number of rotatable bonds is 3. The van der Waals surface area contributed by atoms with E-state index in [0.29, 0.717) is 28.0 Å². The van der Waals surface area contributed by atoms with Gasteiger partial charge < -0.3 is 5.32 Å². The number of amides is 1. The molecule has 4 rings (SSSR count). The molecule has 1 aliphatic heterocycles. The number of H-pyrrole nitrogens is 1. The van der Waals surface area contributed by atoms with Crippen molar-refractivity contribution < 1.29 is 9.18 Å². The quantitative estimate of drug-likeness (QED) is 0.724. The Kier molecular flexibility index (Phi) is 4.57. The summed E-state index contributed by atoms with van der Waals surface area (Å²) in [6.07, 6.45) is 0.675. The summed E-state index contributed by atoms with van der Waals surface area (Å²) in [7, 11) is 0. The fourth-order valence-corrected chi connectivity index (χ4v) is 4.46. The van der Waals surface area contributed by atoms with Crippen LogP contribution in [0.4, 0.5) is 4.39 Å². The number of carbonyl (C=O) groups is 1. The van der Waals surface area contributed by atoms with Gasteiger partial charge in [0.05, 0.1) is 16.9 Å². The highest BCUT2D eigenvalue weighted by molar-refractivity contribution is 7.99. The van der Waals surface area contributed by atoms with Gasteiger partial charge in [-0.1, -0.05) is 24.3 Å². The molecule has 1 aromatic heterocycles. The molecule has 0 radical (unpaired) electrons. The van der Waals surface area contributed by atoms with Gasteiger partial charge in [0.2, 0.25) is 5.91 Å². The number of thioether (sulfide) groups is 1. The number of nitrogens with zero attached hydrogens (tertiary/aromatic N) is 1. The number of carbonyl (C=O) groups excluding carboxylic acids is 1. The molecule has 0 unspecified atom stereocenters. The maximum absolute atomic E-state index is 14.0. The summed E-state index contributed by atoms with van der Waals surface area (Å²) in [5.41, 5.74) is 0.0192. The van der Waals surface area contributed by atoms with E-state index < -0.39 is 11.2 Å². The predicted octanol–water partition coefficient (Wildman–Crippen LogP) is 2.18. The molecule has 0 spiro atoms. The van der Waals surface area contributed by atoms with Crippen LogP contribution >= 0.6 is 11.8 Å². The van der Waals surface area contributed by atoms with Gasteiger partial charge in [-0.05, 0) is 30.2 Å². The van der Waals surface area contributed by atoms with Crippen LogP contribution < -0.4 is 16.6 Å². The summed E-state index contributed by atoms with van der Waals surface area (Å²) < 4.78 is 15.2. The second-order valence-electron chi connectivity index (χ2n) is 6.28. The van der Waals surface area contributed by atoms with Crippen LogP contribution in [0.3, 0.4) is 0 Å². The first-order valence-corrected chi connectivity index (χ1v) is 9.45. The van der Waals surface area contributed by atoms with Crippen molar-refractivity contribution in [2.24, 2.45) is 0 Å². The maximum atomic E-state index is 14.0. The normalized spacial score (nSPS) is 16.1. The lowest BCUT2D eigenvalue weighted by atomic mass is 10.0. The Morgan fingerprint density at radius 1 is 1.22 bits per heavy atom. The molecule has 2 heterocycles. The molecular weight excluding hydrogens is 369 g/mol. The first kappa shape index (κ1) is 17.5. The van der Waals surface area contributed by atoms with Gasteiger partial charge in [0, 0.05) is 10.6 Å². The highest BCUT2D eigenvalue weighted by Crippen LogP contribution is 2.37. The van der Waals surface area contributed by atoms with Crippen LogP contribution in [0.1, 0.15) is 18.0 Å². The average Bonchev–Trinajstić information content (AvgIpc) is 2.66. The summed E-state index contributed by atoms with van der Waals surface area (Å²) in [4.78, 5) is 39.5. The third-order valence-electron chi connectivity index (χ3n) is 4.57. The van der Waals surface area contributed by atoms with Crippen LogP contribution in [0.5, 0.6) is 0 Å². The fourth-order valence-electron chi connectivity index (χ4n) is 3.32. The van der Waals surface area contributed by atoms with Gasteiger partial charge in [-0.15, -0.1) is 11.8 Å². The third-order valence-corrected chi connectivity index (χ3v) is 5.73. The molecule has 6 nitrogen and oxygen atoms in total. The van der Waals surface area contributed by atoms with Crippen molar-refractivity contribution in [2.75, 3.05) is 5.75 Å². The molecule has 8 heteroatoms. The van der Waals surface area contributed by atoms with Crippen LogP contribution in [-0.2, 0) is 11.3 Å². The summed E-state index contributed by atoms with van der Waals surface area (Å²) in [6.45, 7) is -0.232. The van der Waals surface area contributed by atoms with E-state index in [1.807, 2.05) is 0 Å². The Balaban J connectivity index is 1.62. The van der Waals surface area contributed by atoms with Crippen LogP contribution in [0, 0.1) is 5.82 Å². The molecule has 0 aliphatic carbocycles. The lowest BCUT2D eigenvalue weighted by molar-refractivity contribution is -0.122. The molecule has 1 atom stereocenters. The van der Waals surface area contributed by atoms with Crippen molar-refractivity contribution in [3.05, 3.63) is 74.7 Å². The highest BCUT2D eigenvalue weighted by Gasteiger charge is 2.24. The van der Waals surface area contributed by atoms with Gasteiger partial charge in [-0.25, -0.2) is 9.18 Å². The van der Waals surface area contributed by atoms with Crippen LogP contribution in [0.2, 0.25) is 0 Å². The Labute approximate surface area is 157 Å². The summed E-state index contributed by atoms with van der Waals surface area (Å²) in [6, 6.07) is 11.1. The Bertz CT molecular complexity index is 1150. The van der Waals surface area contributed by atoms with Gasteiger partial charge in [-0.2, -0.15) is 0 Å². The van der Waals surface area contributed by atoms with E-state index in [4.69, 9.17) is 0 Å². The standard InChI is InChI=1S/C19H16FN3O3S/c20-13-6-3-5-11-14(8-9-27-17(11)13)21-16(24)10-23-15-7-2-1-4-12(15)18(25)22-19(23)26/h1-7,14H,8-10H2,(H,21,24)(H,22,25,26)/t14-/m0/s1. The average molecular weight is 385 g/mol. The molecule has 1 aliphatic rings. The summed E-state index contributed by atoms with van der Waals surface area (Å²) in [5, 5.41) is 3.23. The number of hydrogen-bond acceptors (Lipinski definition) is 4. The van der Waals surface area contributed by atoms with Gasteiger partial charge in [0.1, 0.15) is 12.4 Å². The fraction of sp³-hybridized carbons (Fsp3) is 0.211. The molecule has 0 fully saturated rings. The molecule has 1 amide bonds. The Morgan fingerprint density at radius 2 is 2.04 bits per heavy atom. The second kappa shape index (κ2) is 7.03. The van der Waals surface area contributed by atoms with Gasteiger partial charge in [-0.3, -0.25) is 19.1 Å². The monoisotopic (exact) mass is 385 g/mol. The van der Waals surface area contributed by atoms with E-state index in [2.05, 4.69) is 10.3 Å². The molecule has 0 saturated carbocycles. The topological polar surface area (TPSA) is 84.0 Å². The number of halogens is 1. The summed E-state index contributed by atoms with van der Waals surface area (Å²) in [5.74, 6) is 0.0288.